The summed E-state index contributed by atoms with van der Waals surface area (Å²) in [6.45, 7) is 6.61. The summed E-state index contributed by atoms with van der Waals surface area (Å²) in [7, 11) is 4.11. The topological polar surface area (TPSA) is 50.8 Å². The first-order valence-corrected chi connectivity index (χ1v) is 10.3. The number of nitrogens with one attached hydrogen (secondary N) is 1. The van der Waals surface area contributed by atoms with Gasteiger partial charge in [0.1, 0.15) is 11.4 Å². The number of benzene rings is 1. The molecule has 1 N–H and O–H groups in total. The van der Waals surface area contributed by atoms with E-state index in [1.807, 2.05) is 24.3 Å². The zero-order chi connectivity index (χ0) is 19.7. The Hall–Kier alpha value is -1.59. The molecule has 27 heavy (non-hydrogen) atoms. The average Bonchev–Trinajstić information content (AvgIpc) is 2.64. The molecule has 2 atom stereocenters. The van der Waals surface area contributed by atoms with Crippen LogP contribution in [0.2, 0.25) is 0 Å². The maximum atomic E-state index is 13.0. The van der Waals surface area contributed by atoms with Gasteiger partial charge in [-0.2, -0.15) is 0 Å². The first-order chi connectivity index (χ1) is 12.9. The van der Waals surface area contributed by atoms with Crippen molar-refractivity contribution in [2.24, 2.45) is 5.92 Å². The molecule has 1 aliphatic rings. The lowest BCUT2D eigenvalue weighted by atomic mass is 9.78. The molecule has 5 heteroatoms. The molecule has 0 spiro atoms. The third kappa shape index (κ3) is 6.82. The van der Waals surface area contributed by atoms with Gasteiger partial charge in [-0.3, -0.25) is 4.79 Å². The van der Waals surface area contributed by atoms with Crippen LogP contribution in [-0.2, 0) is 9.53 Å². The van der Waals surface area contributed by atoms with Crippen molar-refractivity contribution in [3.05, 3.63) is 24.3 Å². The van der Waals surface area contributed by atoms with E-state index in [2.05, 4.69) is 38.2 Å². The van der Waals surface area contributed by atoms with Crippen LogP contribution in [0.3, 0.4) is 0 Å². The number of ether oxygens (including phenoxy) is 2. The van der Waals surface area contributed by atoms with Crippen LogP contribution in [-0.4, -0.2) is 50.3 Å². The molecule has 0 unspecified atom stereocenters. The van der Waals surface area contributed by atoms with E-state index in [4.69, 9.17) is 9.47 Å². The Morgan fingerprint density at radius 3 is 2.63 bits per heavy atom. The van der Waals surface area contributed by atoms with Crippen molar-refractivity contribution in [1.29, 1.82) is 0 Å². The summed E-state index contributed by atoms with van der Waals surface area (Å²) >= 11 is 0. The van der Waals surface area contributed by atoms with Crippen molar-refractivity contribution >= 4 is 11.6 Å². The Labute approximate surface area is 164 Å². The minimum atomic E-state index is -0.685. The second-order valence-electron chi connectivity index (χ2n) is 8.03. The third-order valence-electron chi connectivity index (χ3n) is 5.08. The van der Waals surface area contributed by atoms with E-state index < -0.39 is 5.60 Å². The predicted molar refractivity (Wildman–Crippen MR) is 110 cm³/mol. The monoisotopic (exact) mass is 376 g/mol. The lowest BCUT2D eigenvalue weighted by molar-refractivity contribution is -0.148. The SMILES string of the molecule is CCCO[C@]1(C(=O)Nc2ccc(OCCCN(C)C)cc2)CCC[C@@H](C)C1. The van der Waals surface area contributed by atoms with Gasteiger partial charge >= 0.3 is 0 Å². The van der Waals surface area contributed by atoms with Crippen LogP contribution in [0.4, 0.5) is 5.69 Å². The molecule has 1 aromatic rings. The summed E-state index contributed by atoms with van der Waals surface area (Å²) in [5.74, 6) is 1.33. The lowest BCUT2D eigenvalue weighted by Crippen LogP contribution is -2.48. The fraction of sp³-hybridized carbons (Fsp3) is 0.682. The van der Waals surface area contributed by atoms with Crippen LogP contribution in [0.15, 0.2) is 24.3 Å². The fourth-order valence-electron chi connectivity index (χ4n) is 3.65. The quantitative estimate of drug-likeness (QED) is 0.618. The lowest BCUT2D eigenvalue weighted by Gasteiger charge is -2.38. The number of carbonyl (C=O) groups is 1. The average molecular weight is 377 g/mol. The van der Waals surface area contributed by atoms with Crippen molar-refractivity contribution in [2.45, 2.75) is 58.0 Å². The number of amides is 1. The second kappa shape index (κ2) is 10.7. The van der Waals surface area contributed by atoms with Gasteiger partial charge in [0.15, 0.2) is 0 Å². The summed E-state index contributed by atoms with van der Waals surface area (Å²) in [6, 6.07) is 7.63. The first kappa shape index (κ1) is 21.7. The van der Waals surface area contributed by atoms with Crippen LogP contribution >= 0.6 is 0 Å². The van der Waals surface area contributed by atoms with Crippen molar-refractivity contribution in [3.63, 3.8) is 0 Å². The highest BCUT2D eigenvalue weighted by Gasteiger charge is 2.42. The highest BCUT2D eigenvalue weighted by Crippen LogP contribution is 2.36. The zero-order valence-electron chi connectivity index (χ0n) is 17.4. The summed E-state index contributed by atoms with van der Waals surface area (Å²) in [6.07, 6.45) is 5.72. The maximum absolute atomic E-state index is 13.0. The van der Waals surface area contributed by atoms with E-state index in [0.717, 1.165) is 50.1 Å². The largest absolute Gasteiger partial charge is 0.494 e. The minimum Gasteiger partial charge on any atom is -0.494 e. The van der Waals surface area contributed by atoms with E-state index in [1.165, 1.54) is 6.42 Å². The van der Waals surface area contributed by atoms with Gasteiger partial charge in [-0.15, -0.1) is 0 Å². The standard InChI is InChI=1S/C22H36N2O3/c1-5-15-27-22(13-6-8-18(2)17-22)21(25)23-19-9-11-20(12-10-19)26-16-7-14-24(3)4/h9-12,18H,5-8,13-17H2,1-4H3,(H,23,25)/t18-,22-/m1/s1. The van der Waals surface area contributed by atoms with Crippen LogP contribution in [0, 0.1) is 5.92 Å². The molecule has 1 fully saturated rings. The Bertz CT molecular complexity index is 573. The van der Waals surface area contributed by atoms with Gasteiger partial charge in [0.05, 0.1) is 6.61 Å². The molecule has 0 heterocycles. The molecular weight excluding hydrogens is 340 g/mol. The smallest absolute Gasteiger partial charge is 0.256 e. The molecule has 0 saturated heterocycles. The van der Waals surface area contributed by atoms with Gasteiger partial charge in [-0.1, -0.05) is 20.3 Å². The van der Waals surface area contributed by atoms with E-state index >= 15 is 0 Å². The highest BCUT2D eigenvalue weighted by atomic mass is 16.5. The molecular formula is C22H36N2O3. The van der Waals surface area contributed by atoms with Crippen LogP contribution in [0.5, 0.6) is 5.75 Å². The second-order valence-corrected chi connectivity index (χ2v) is 8.03. The number of carbonyl (C=O) groups excluding carboxylic acids is 1. The molecule has 2 rings (SSSR count). The number of hydrogen-bond donors (Lipinski definition) is 1. The van der Waals surface area contributed by atoms with Crippen molar-refractivity contribution in [1.82, 2.24) is 4.90 Å². The maximum Gasteiger partial charge on any atom is 0.256 e. The Balaban J connectivity index is 1.92. The van der Waals surface area contributed by atoms with Crippen molar-refractivity contribution < 1.29 is 14.3 Å². The summed E-state index contributed by atoms with van der Waals surface area (Å²) < 4.78 is 11.8. The van der Waals surface area contributed by atoms with Crippen molar-refractivity contribution in [3.8, 4) is 5.75 Å². The van der Waals surface area contributed by atoms with Crippen LogP contribution in [0.1, 0.15) is 52.4 Å². The van der Waals surface area contributed by atoms with E-state index in [1.54, 1.807) is 0 Å². The molecule has 0 bridgehead atoms. The van der Waals surface area contributed by atoms with Gasteiger partial charge in [-0.05, 0) is 76.4 Å². The Morgan fingerprint density at radius 2 is 2.00 bits per heavy atom. The van der Waals surface area contributed by atoms with Gasteiger partial charge in [0.25, 0.3) is 5.91 Å². The minimum absolute atomic E-state index is 0.0119. The fourth-order valence-corrected chi connectivity index (χ4v) is 3.65. The summed E-state index contributed by atoms with van der Waals surface area (Å²) in [5.41, 5.74) is 0.105. The normalized spacial score (nSPS) is 22.6. The van der Waals surface area contributed by atoms with E-state index in [0.29, 0.717) is 19.1 Å². The molecule has 5 nitrogen and oxygen atoms in total. The first-order valence-electron chi connectivity index (χ1n) is 10.3. The number of nitrogens with zero attached hydrogens (tertiary/aromatic N) is 1. The summed E-state index contributed by atoms with van der Waals surface area (Å²) in [5, 5.41) is 3.07. The van der Waals surface area contributed by atoms with Gasteiger partial charge < -0.3 is 19.7 Å². The molecule has 152 valence electrons. The predicted octanol–water partition coefficient (Wildman–Crippen LogP) is 4.33. The number of hydrogen-bond acceptors (Lipinski definition) is 4. The third-order valence-corrected chi connectivity index (χ3v) is 5.08. The highest BCUT2D eigenvalue weighted by molar-refractivity contribution is 5.97. The van der Waals surface area contributed by atoms with Crippen LogP contribution < -0.4 is 10.1 Å². The van der Waals surface area contributed by atoms with Gasteiger partial charge in [0.2, 0.25) is 0 Å². The van der Waals surface area contributed by atoms with E-state index in [-0.39, 0.29) is 5.91 Å². The Kier molecular flexibility index (Phi) is 8.58. The van der Waals surface area contributed by atoms with Gasteiger partial charge in [-0.25, -0.2) is 0 Å². The molecule has 1 aliphatic carbocycles. The molecule has 0 aliphatic heterocycles. The molecule has 0 radical (unpaired) electrons. The van der Waals surface area contributed by atoms with Gasteiger partial charge in [0, 0.05) is 18.8 Å². The van der Waals surface area contributed by atoms with Crippen molar-refractivity contribution in [2.75, 3.05) is 39.2 Å². The molecule has 1 aromatic carbocycles. The van der Waals surface area contributed by atoms with E-state index in [9.17, 15) is 4.79 Å². The molecule has 1 amide bonds. The Morgan fingerprint density at radius 1 is 1.26 bits per heavy atom. The zero-order valence-corrected chi connectivity index (χ0v) is 17.4. The number of rotatable bonds is 10. The summed E-state index contributed by atoms with van der Waals surface area (Å²) in [4.78, 5) is 15.2. The number of anilines is 1. The molecule has 1 saturated carbocycles. The van der Waals surface area contributed by atoms with Crippen LogP contribution in [0.25, 0.3) is 0 Å². The molecule has 0 aromatic heterocycles.